The molecule has 0 aliphatic rings. The zero-order valence-electron chi connectivity index (χ0n) is 10.9. The van der Waals surface area contributed by atoms with Gasteiger partial charge in [-0.3, -0.25) is 4.79 Å². The van der Waals surface area contributed by atoms with Crippen LogP contribution < -0.4 is 11.5 Å². The van der Waals surface area contributed by atoms with Gasteiger partial charge in [-0.05, 0) is 35.9 Å². The van der Waals surface area contributed by atoms with Crippen molar-refractivity contribution in [3.63, 3.8) is 0 Å². The first-order chi connectivity index (χ1) is 9.79. The second-order valence-electron chi connectivity index (χ2n) is 4.50. The number of hydrogen-bond acceptors (Lipinski definition) is 4. The van der Waals surface area contributed by atoms with E-state index >= 15 is 0 Å². The van der Waals surface area contributed by atoms with Gasteiger partial charge in [0.2, 0.25) is 5.91 Å². The number of halogens is 1. The third-order valence-electron chi connectivity index (χ3n) is 2.90. The third kappa shape index (κ3) is 3.53. The van der Waals surface area contributed by atoms with E-state index in [2.05, 4.69) is 0 Å². The lowest BCUT2D eigenvalue weighted by atomic mass is 10.1. The van der Waals surface area contributed by atoms with Crippen LogP contribution in [0.5, 0.6) is 0 Å². The Hall–Kier alpha value is -2.05. The fourth-order valence-electron chi connectivity index (χ4n) is 1.86. The van der Waals surface area contributed by atoms with Crippen LogP contribution in [0.25, 0.3) is 0 Å². The average Bonchev–Trinajstić information content (AvgIpc) is 2.38. The molecule has 0 aliphatic heterocycles. The Morgan fingerprint density at radius 2 is 1.71 bits per heavy atom. The Kier molecular flexibility index (Phi) is 4.20. The van der Waals surface area contributed by atoms with Crippen LogP contribution >= 0.6 is 11.6 Å². The molecule has 0 fully saturated rings. The van der Waals surface area contributed by atoms with Crippen LogP contribution in [0, 0.1) is 0 Å². The summed E-state index contributed by atoms with van der Waals surface area (Å²) in [5, 5.41) is 0.372. The van der Waals surface area contributed by atoms with Crippen LogP contribution in [0.1, 0.15) is 15.9 Å². The summed E-state index contributed by atoms with van der Waals surface area (Å²) in [6.45, 7) is 0. The molecule has 0 unspecified atom stereocenters. The third-order valence-corrected chi connectivity index (χ3v) is 4.89. The van der Waals surface area contributed by atoms with Crippen LogP contribution in [0.3, 0.4) is 0 Å². The molecule has 0 heterocycles. The van der Waals surface area contributed by atoms with Crippen molar-refractivity contribution in [2.45, 2.75) is 10.6 Å². The van der Waals surface area contributed by atoms with Gasteiger partial charge in [0, 0.05) is 10.6 Å². The van der Waals surface area contributed by atoms with E-state index in [0.717, 1.165) is 0 Å². The normalized spacial score (nSPS) is 11.3. The summed E-state index contributed by atoms with van der Waals surface area (Å²) < 4.78 is 24.7. The van der Waals surface area contributed by atoms with Gasteiger partial charge in [0.25, 0.3) is 0 Å². The Morgan fingerprint density at radius 1 is 1.10 bits per heavy atom. The molecule has 2 rings (SSSR count). The highest BCUT2D eigenvalue weighted by molar-refractivity contribution is 7.90. The number of anilines is 1. The molecule has 21 heavy (non-hydrogen) atoms. The van der Waals surface area contributed by atoms with E-state index in [9.17, 15) is 13.2 Å². The molecule has 0 saturated heterocycles. The van der Waals surface area contributed by atoms with Gasteiger partial charge < -0.3 is 11.5 Å². The van der Waals surface area contributed by atoms with E-state index in [1.165, 1.54) is 30.3 Å². The summed E-state index contributed by atoms with van der Waals surface area (Å²) in [4.78, 5) is 11.0. The average molecular weight is 325 g/mol. The molecule has 0 aliphatic carbocycles. The highest BCUT2D eigenvalue weighted by atomic mass is 35.5. The number of rotatable bonds is 4. The Bertz CT molecular complexity index is 786. The smallest absolute Gasteiger partial charge is 0.248 e. The van der Waals surface area contributed by atoms with Crippen molar-refractivity contribution in [1.29, 1.82) is 0 Å². The van der Waals surface area contributed by atoms with Crippen molar-refractivity contribution >= 4 is 33.0 Å². The van der Waals surface area contributed by atoms with E-state index in [0.29, 0.717) is 16.1 Å². The fraction of sp³-hybridized carbons (Fsp3) is 0.0714. The fourth-order valence-corrected chi connectivity index (χ4v) is 3.53. The predicted octanol–water partition coefficient (Wildman–Crippen LogP) is 2.00. The Balaban J connectivity index is 2.30. The van der Waals surface area contributed by atoms with Crippen molar-refractivity contribution in [2.75, 3.05) is 5.73 Å². The number of primary amides is 1. The lowest BCUT2D eigenvalue weighted by molar-refractivity contribution is 0.100. The number of benzene rings is 2. The number of hydrogen-bond donors (Lipinski definition) is 2. The minimum absolute atomic E-state index is 0.0332. The number of amides is 1. The van der Waals surface area contributed by atoms with Crippen LogP contribution in [0.2, 0.25) is 5.02 Å². The number of nitrogens with two attached hydrogens (primary N) is 2. The minimum Gasteiger partial charge on any atom is -0.398 e. The van der Waals surface area contributed by atoms with Crippen LogP contribution in [-0.2, 0) is 15.6 Å². The molecule has 0 spiro atoms. The van der Waals surface area contributed by atoms with E-state index in [-0.39, 0.29) is 16.3 Å². The quantitative estimate of drug-likeness (QED) is 0.839. The molecule has 4 N–H and O–H groups in total. The summed E-state index contributed by atoms with van der Waals surface area (Å²) in [5.41, 5.74) is 11.8. The molecule has 7 heteroatoms. The van der Waals surface area contributed by atoms with Gasteiger partial charge in [0.05, 0.1) is 16.3 Å². The summed E-state index contributed by atoms with van der Waals surface area (Å²) in [5.74, 6) is -0.788. The number of carbonyl (C=O) groups excluding carboxylic acids is 1. The maximum atomic E-state index is 12.3. The monoisotopic (exact) mass is 324 g/mol. The zero-order valence-corrected chi connectivity index (χ0v) is 12.5. The topological polar surface area (TPSA) is 103 Å². The highest BCUT2D eigenvalue weighted by Gasteiger charge is 2.18. The van der Waals surface area contributed by atoms with Crippen LogP contribution in [-0.4, -0.2) is 14.3 Å². The first kappa shape index (κ1) is 15.3. The van der Waals surface area contributed by atoms with Crippen molar-refractivity contribution in [3.05, 3.63) is 58.6 Å². The van der Waals surface area contributed by atoms with Gasteiger partial charge in [0.15, 0.2) is 9.84 Å². The summed E-state index contributed by atoms with van der Waals surface area (Å²) >= 11 is 5.76. The number of nitrogen functional groups attached to an aromatic ring is 1. The molecule has 0 bridgehead atoms. The second kappa shape index (κ2) is 5.75. The summed E-state index contributed by atoms with van der Waals surface area (Å²) in [6, 6.07) is 10.3. The van der Waals surface area contributed by atoms with Gasteiger partial charge in [-0.25, -0.2) is 8.42 Å². The lowest BCUT2D eigenvalue weighted by Crippen LogP contribution is -2.11. The lowest BCUT2D eigenvalue weighted by Gasteiger charge is -2.08. The molecule has 110 valence electrons. The van der Waals surface area contributed by atoms with E-state index in [4.69, 9.17) is 23.1 Å². The van der Waals surface area contributed by atoms with E-state index in [1.54, 1.807) is 12.1 Å². The SMILES string of the molecule is NC(=O)c1ccc(CS(=O)(=O)c2ccc(Cl)cc2N)cc1. The molecule has 0 radical (unpaired) electrons. The van der Waals surface area contributed by atoms with Gasteiger partial charge in [-0.2, -0.15) is 0 Å². The first-order valence-corrected chi connectivity index (χ1v) is 7.99. The molecule has 0 atom stereocenters. The van der Waals surface area contributed by atoms with Gasteiger partial charge in [-0.15, -0.1) is 0 Å². The van der Waals surface area contributed by atoms with Crippen molar-refractivity contribution in [2.24, 2.45) is 5.73 Å². The minimum atomic E-state index is -3.59. The molecular weight excluding hydrogens is 312 g/mol. The van der Waals surface area contributed by atoms with Crippen LogP contribution in [0.4, 0.5) is 5.69 Å². The predicted molar refractivity (Wildman–Crippen MR) is 81.7 cm³/mol. The molecule has 5 nitrogen and oxygen atoms in total. The first-order valence-electron chi connectivity index (χ1n) is 5.96. The number of carbonyl (C=O) groups is 1. The Labute approximate surface area is 127 Å². The highest BCUT2D eigenvalue weighted by Crippen LogP contribution is 2.25. The van der Waals surface area contributed by atoms with E-state index in [1.807, 2.05) is 0 Å². The molecule has 0 aromatic heterocycles. The standard InChI is InChI=1S/C14H13ClN2O3S/c15-11-5-6-13(12(16)7-11)21(19,20)8-9-1-3-10(4-2-9)14(17)18/h1-7H,8,16H2,(H2,17,18). The molecule has 0 saturated carbocycles. The molecule has 1 amide bonds. The summed E-state index contributed by atoms with van der Waals surface area (Å²) in [6.07, 6.45) is 0. The second-order valence-corrected chi connectivity index (χ2v) is 6.90. The van der Waals surface area contributed by atoms with Crippen molar-refractivity contribution < 1.29 is 13.2 Å². The molecule has 2 aromatic rings. The van der Waals surface area contributed by atoms with Gasteiger partial charge >= 0.3 is 0 Å². The van der Waals surface area contributed by atoms with Crippen molar-refractivity contribution in [1.82, 2.24) is 0 Å². The zero-order chi connectivity index (χ0) is 15.6. The largest absolute Gasteiger partial charge is 0.398 e. The van der Waals surface area contributed by atoms with Crippen molar-refractivity contribution in [3.8, 4) is 0 Å². The van der Waals surface area contributed by atoms with Crippen LogP contribution in [0.15, 0.2) is 47.4 Å². The maximum absolute atomic E-state index is 12.3. The Morgan fingerprint density at radius 3 is 2.24 bits per heavy atom. The van der Waals surface area contributed by atoms with Gasteiger partial charge in [0.1, 0.15) is 0 Å². The van der Waals surface area contributed by atoms with Gasteiger partial charge in [-0.1, -0.05) is 23.7 Å². The van der Waals surface area contributed by atoms with E-state index < -0.39 is 15.7 Å². The molecule has 2 aromatic carbocycles. The summed E-state index contributed by atoms with van der Waals surface area (Å²) in [7, 11) is -3.59. The number of sulfone groups is 1. The molecular formula is C14H13ClN2O3S. The maximum Gasteiger partial charge on any atom is 0.248 e.